The van der Waals surface area contributed by atoms with Crippen LogP contribution in [0.1, 0.15) is 36.6 Å². The number of halogens is 2. The lowest BCUT2D eigenvalue weighted by atomic mass is 10.0. The van der Waals surface area contributed by atoms with Gasteiger partial charge >= 0.3 is 5.97 Å². The molecular formula is C24H27Cl2N3O4. The Morgan fingerprint density at radius 2 is 1.64 bits per heavy atom. The van der Waals surface area contributed by atoms with Crippen LogP contribution in [0.2, 0.25) is 10.0 Å². The average molecular weight is 492 g/mol. The Morgan fingerprint density at radius 1 is 1.00 bits per heavy atom. The van der Waals surface area contributed by atoms with Crippen LogP contribution in [0, 0.1) is 0 Å². The van der Waals surface area contributed by atoms with Crippen LogP contribution < -0.4 is 5.32 Å². The zero-order valence-corrected chi connectivity index (χ0v) is 20.1. The molecule has 0 saturated carbocycles. The number of hydrogen-bond donors (Lipinski definition) is 1. The molecule has 0 aromatic heterocycles. The summed E-state index contributed by atoms with van der Waals surface area (Å²) in [5, 5.41) is 3.92. The number of rotatable bonds is 7. The maximum absolute atomic E-state index is 13.0. The molecule has 0 bridgehead atoms. The van der Waals surface area contributed by atoms with Crippen molar-refractivity contribution in [1.29, 1.82) is 0 Å². The lowest BCUT2D eigenvalue weighted by molar-refractivity contribution is -0.148. The molecule has 3 rings (SSSR count). The summed E-state index contributed by atoms with van der Waals surface area (Å²) in [5.74, 6) is -0.680. The highest BCUT2D eigenvalue weighted by Crippen LogP contribution is 2.30. The van der Waals surface area contributed by atoms with Gasteiger partial charge in [0.05, 0.1) is 19.6 Å². The largest absolute Gasteiger partial charge is 0.468 e. The summed E-state index contributed by atoms with van der Waals surface area (Å²) in [4.78, 5) is 41.0. The van der Waals surface area contributed by atoms with E-state index >= 15 is 0 Å². The summed E-state index contributed by atoms with van der Waals surface area (Å²) in [6.07, 6.45) is 0.131. The summed E-state index contributed by atoms with van der Waals surface area (Å²) in [6, 6.07) is 13.2. The van der Waals surface area contributed by atoms with E-state index in [0.29, 0.717) is 41.8 Å². The Morgan fingerprint density at radius 3 is 2.21 bits per heavy atom. The number of hydrogen-bond acceptors (Lipinski definition) is 5. The highest BCUT2D eigenvalue weighted by molar-refractivity contribution is 6.31. The van der Waals surface area contributed by atoms with Gasteiger partial charge < -0.3 is 15.0 Å². The van der Waals surface area contributed by atoms with Gasteiger partial charge in [-0.25, -0.2) is 4.79 Å². The van der Waals surface area contributed by atoms with Crippen LogP contribution in [0.4, 0.5) is 0 Å². The minimum atomic E-state index is -0.637. The van der Waals surface area contributed by atoms with Crippen molar-refractivity contribution in [1.82, 2.24) is 15.1 Å². The van der Waals surface area contributed by atoms with Crippen LogP contribution in [0.3, 0.4) is 0 Å². The first-order valence-corrected chi connectivity index (χ1v) is 11.4. The molecule has 1 saturated heterocycles. The molecule has 1 fully saturated rings. The van der Waals surface area contributed by atoms with Gasteiger partial charge in [-0.15, -0.1) is 0 Å². The van der Waals surface area contributed by atoms with Gasteiger partial charge in [0.1, 0.15) is 6.04 Å². The number of carbonyl (C=O) groups excluding carboxylic acids is 3. The van der Waals surface area contributed by atoms with E-state index in [4.69, 9.17) is 27.9 Å². The quantitative estimate of drug-likeness (QED) is 0.598. The Bertz CT molecular complexity index is 991. The molecule has 0 radical (unpaired) electrons. The number of amides is 2. The minimum absolute atomic E-state index is 0.0734. The van der Waals surface area contributed by atoms with Gasteiger partial charge in [0, 0.05) is 43.1 Å². The molecule has 2 aromatic carbocycles. The normalized spacial score (nSPS) is 16.1. The predicted molar refractivity (Wildman–Crippen MR) is 127 cm³/mol. The van der Waals surface area contributed by atoms with Crippen LogP contribution in [-0.2, 0) is 19.1 Å². The van der Waals surface area contributed by atoms with Crippen molar-refractivity contribution in [2.24, 2.45) is 0 Å². The van der Waals surface area contributed by atoms with Crippen molar-refractivity contribution >= 4 is 41.0 Å². The fraction of sp³-hybridized carbons (Fsp3) is 0.375. The van der Waals surface area contributed by atoms with E-state index < -0.39 is 18.1 Å². The van der Waals surface area contributed by atoms with E-state index in [2.05, 4.69) is 5.32 Å². The zero-order valence-electron chi connectivity index (χ0n) is 18.6. The van der Waals surface area contributed by atoms with Crippen LogP contribution in [0.25, 0.3) is 0 Å². The Hall–Kier alpha value is -2.61. The van der Waals surface area contributed by atoms with Crippen LogP contribution in [0.5, 0.6) is 0 Å². The van der Waals surface area contributed by atoms with Crippen molar-refractivity contribution < 1.29 is 19.1 Å². The van der Waals surface area contributed by atoms with E-state index in [1.807, 2.05) is 23.1 Å². The van der Waals surface area contributed by atoms with E-state index in [-0.39, 0.29) is 18.2 Å². The van der Waals surface area contributed by atoms with Gasteiger partial charge in [0.25, 0.3) is 0 Å². The number of ether oxygens (including phenoxy) is 1. The SMILES string of the molecule is COC(=O)C(c1ccccc1Cl)N1CCN(C(=O)CC(NC(C)=O)c2ccc(Cl)cc2)CC1. The first-order valence-electron chi connectivity index (χ1n) is 10.7. The number of methoxy groups -OCH3 is 1. The lowest BCUT2D eigenvalue weighted by Gasteiger charge is -2.38. The molecule has 1 heterocycles. The van der Waals surface area contributed by atoms with Gasteiger partial charge in [0.2, 0.25) is 11.8 Å². The summed E-state index contributed by atoms with van der Waals surface area (Å²) < 4.78 is 5.03. The topological polar surface area (TPSA) is 79.0 Å². The molecule has 0 spiro atoms. The van der Waals surface area contributed by atoms with E-state index in [1.54, 1.807) is 35.2 Å². The number of nitrogens with zero attached hydrogens (tertiary/aromatic N) is 2. The molecule has 33 heavy (non-hydrogen) atoms. The smallest absolute Gasteiger partial charge is 0.327 e. The molecule has 176 valence electrons. The molecule has 1 N–H and O–H groups in total. The van der Waals surface area contributed by atoms with Crippen LogP contribution in [0.15, 0.2) is 48.5 Å². The van der Waals surface area contributed by atoms with Crippen molar-refractivity contribution in [2.75, 3.05) is 33.3 Å². The molecule has 0 aliphatic carbocycles. The van der Waals surface area contributed by atoms with Gasteiger partial charge in [0.15, 0.2) is 0 Å². The summed E-state index contributed by atoms with van der Waals surface area (Å²) in [7, 11) is 1.35. The number of carbonyl (C=O) groups is 3. The summed E-state index contributed by atoms with van der Waals surface area (Å²) >= 11 is 12.3. The maximum Gasteiger partial charge on any atom is 0.327 e. The molecule has 1 aliphatic heterocycles. The fourth-order valence-corrected chi connectivity index (χ4v) is 4.37. The fourth-order valence-electron chi connectivity index (χ4n) is 4.01. The third-order valence-electron chi connectivity index (χ3n) is 5.68. The Kier molecular flexibility index (Phi) is 8.72. The van der Waals surface area contributed by atoms with Crippen LogP contribution >= 0.6 is 23.2 Å². The molecule has 7 nitrogen and oxygen atoms in total. The van der Waals surface area contributed by atoms with E-state index in [1.165, 1.54) is 14.0 Å². The van der Waals surface area contributed by atoms with Crippen molar-refractivity contribution in [3.05, 3.63) is 69.7 Å². The number of benzene rings is 2. The predicted octanol–water partition coefficient (Wildman–Crippen LogP) is 3.62. The monoisotopic (exact) mass is 491 g/mol. The van der Waals surface area contributed by atoms with Gasteiger partial charge in [-0.1, -0.05) is 53.5 Å². The Balaban J connectivity index is 1.67. The molecule has 2 aromatic rings. The maximum atomic E-state index is 13.0. The second kappa shape index (κ2) is 11.5. The summed E-state index contributed by atoms with van der Waals surface area (Å²) in [5.41, 5.74) is 1.49. The average Bonchev–Trinajstić information content (AvgIpc) is 2.80. The second-order valence-corrected chi connectivity index (χ2v) is 8.72. The standard InChI is InChI=1S/C24H27Cl2N3O4/c1-16(30)27-21(17-7-9-18(25)10-8-17)15-22(31)28-11-13-29(14-12-28)23(24(32)33-2)19-5-3-4-6-20(19)26/h3-10,21,23H,11-15H2,1-2H3,(H,27,30). The van der Waals surface area contributed by atoms with Crippen molar-refractivity contribution in [2.45, 2.75) is 25.4 Å². The highest BCUT2D eigenvalue weighted by Gasteiger charge is 2.34. The molecule has 2 atom stereocenters. The number of esters is 1. The zero-order chi connectivity index (χ0) is 24.0. The van der Waals surface area contributed by atoms with Crippen molar-refractivity contribution in [3.8, 4) is 0 Å². The first kappa shape index (κ1) is 25.0. The highest BCUT2D eigenvalue weighted by atomic mass is 35.5. The molecule has 1 aliphatic rings. The minimum Gasteiger partial charge on any atom is -0.468 e. The van der Waals surface area contributed by atoms with Gasteiger partial charge in [-0.3, -0.25) is 14.5 Å². The lowest BCUT2D eigenvalue weighted by Crippen LogP contribution is -2.51. The van der Waals surface area contributed by atoms with E-state index in [0.717, 1.165) is 5.56 Å². The molecule has 2 amide bonds. The van der Waals surface area contributed by atoms with Gasteiger partial charge in [-0.2, -0.15) is 0 Å². The second-order valence-electron chi connectivity index (χ2n) is 7.87. The molecule has 2 unspecified atom stereocenters. The van der Waals surface area contributed by atoms with Crippen molar-refractivity contribution in [3.63, 3.8) is 0 Å². The molecule has 9 heteroatoms. The Labute approximate surface area is 203 Å². The third kappa shape index (κ3) is 6.47. The number of nitrogens with one attached hydrogen (secondary N) is 1. The third-order valence-corrected chi connectivity index (χ3v) is 6.28. The first-order chi connectivity index (χ1) is 15.8. The molecular weight excluding hydrogens is 465 g/mol. The van der Waals surface area contributed by atoms with Gasteiger partial charge in [-0.05, 0) is 29.3 Å². The number of piperazine rings is 1. The summed E-state index contributed by atoms with van der Waals surface area (Å²) in [6.45, 7) is 3.30. The van der Waals surface area contributed by atoms with E-state index in [9.17, 15) is 14.4 Å². The van der Waals surface area contributed by atoms with Crippen LogP contribution in [-0.4, -0.2) is 60.9 Å².